The number of allylic oxidation sites excluding steroid dienone is 2. The Labute approximate surface area is 809 Å². The molecular formula is C87H155N29O21S. The number of carboxylic acid groups (broad SMARTS) is 2. The fourth-order valence-electron chi connectivity index (χ4n) is 13.3. The zero-order valence-electron chi connectivity index (χ0n) is 81.7. The van der Waals surface area contributed by atoms with Crippen LogP contribution in [0.4, 0.5) is 0 Å². The van der Waals surface area contributed by atoms with Gasteiger partial charge in [-0.15, -0.1) is 0 Å². The third kappa shape index (κ3) is 50.3. The Morgan fingerprint density at radius 1 is 0.486 bits per heavy atom. The summed E-state index contributed by atoms with van der Waals surface area (Å²) >= 11 is 1.38. The number of nitrogens with one attached hydrogen (secondary N) is 9. The minimum absolute atomic E-state index is 0.0180. The summed E-state index contributed by atoms with van der Waals surface area (Å²) in [6.07, 6.45) is 4.62. The molecule has 0 radical (unpaired) electrons. The molecule has 51 heteroatoms. The van der Waals surface area contributed by atoms with Crippen LogP contribution in [0.15, 0.2) is 92.0 Å². The molecule has 0 spiro atoms. The van der Waals surface area contributed by atoms with Crippen molar-refractivity contribution >= 4 is 148 Å². The molecule has 16 atom stereocenters. The Morgan fingerprint density at radius 3 is 1.33 bits per heavy atom. The number of hydrogen-bond donors (Lipinski definition) is 32. The molecule has 50 nitrogen and oxygen atoms in total. The maximum atomic E-state index is 12.5. The molecule has 36 N–H and O–H groups in total. The van der Waals surface area contributed by atoms with Gasteiger partial charge in [-0.05, 0) is 185 Å². The average molecular weight is 1980 g/mol. The third-order valence-corrected chi connectivity index (χ3v) is 21.8. The third-order valence-electron chi connectivity index (χ3n) is 21.1. The van der Waals surface area contributed by atoms with E-state index in [1.54, 1.807) is 34.0 Å². The fourth-order valence-corrected chi connectivity index (χ4v) is 13.8. The minimum atomic E-state index is -1.87. The number of aliphatic imine (C=N–C) groups is 16. The molecule has 138 heavy (non-hydrogen) atoms. The van der Waals surface area contributed by atoms with E-state index >= 15 is 0 Å². The number of aliphatic hydroxyl groups excluding tert-OH is 17. The van der Waals surface area contributed by atoms with Crippen molar-refractivity contribution in [1.82, 2.24) is 21.3 Å². The predicted octanol–water partition coefficient (Wildman–Crippen LogP) is 9.83. The highest BCUT2D eigenvalue weighted by Gasteiger charge is 2.39. The Balaban J connectivity index is 4.45. The van der Waals surface area contributed by atoms with Gasteiger partial charge in [0.1, 0.15) is 83.6 Å². The maximum absolute atomic E-state index is 12.5. The van der Waals surface area contributed by atoms with Crippen LogP contribution in [0, 0.1) is 50.7 Å². The lowest BCUT2D eigenvalue weighted by Gasteiger charge is -2.27. The first-order valence-corrected chi connectivity index (χ1v) is 47.4. The van der Waals surface area contributed by atoms with E-state index in [1.165, 1.54) is 46.4 Å². The molecule has 0 amide bonds. The zero-order chi connectivity index (χ0) is 105. The van der Waals surface area contributed by atoms with E-state index < -0.39 is 227 Å². The van der Waals surface area contributed by atoms with Gasteiger partial charge in [0, 0.05) is 45.9 Å². The summed E-state index contributed by atoms with van der Waals surface area (Å²) in [5.74, 6) is -18.3. The van der Waals surface area contributed by atoms with Crippen molar-refractivity contribution in [2.75, 3.05) is 44.7 Å². The molecule has 0 aliphatic carbocycles. The number of carboxylic acids is 2. The van der Waals surface area contributed by atoms with Crippen LogP contribution in [-0.2, 0) is 9.59 Å². The van der Waals surface area contributed by atoms with Crippen molar-refractivity contribution in [1.29, 1.82) is 27.0 Å². The zero-order valence-corrected chi connectivity index (χ0v) is 82.5. The second kappa shape index (κ2) is 64.2. The van der Waals surface area contributed by atoms with Crippen LogP contribution in [0.2, 0.25) is 0 Å². The molecule has 0 saturated carbocycles. The number of hydrogen-bond acceptors (Lipinski definition) is 24. The molecule has 0 aromatic heterocycles. The highest BCUT2D eigenvalue weighted by Crippen LogP contribution is 2.29. The van der Waals surface area contributed by atoms with Crippen LogP contribution >= 0.6 is 11.8 Å². The van der Waals surface area contributed by atoms with Crippen molar-refractivity contribution in [3.63, 3.8) is 0 Å². The van der Waals surface area contributed by atoms with E-state index in [2.05, 4.69) is 96.2 Å². The molecular weight excluding hydrogens is 1820 g/mol. The average Bonchev–Trinajstić information content (AvgIpc) is 0.831. The molecule has 0 aromatic carbocycles. The Kier molecular flexibility index (Phi) is 57.3. The number of aliphatic carboxylic acids is 2. The molecule has 1 aliphatic heterocycles. The van der Waals surface area contributed by atoms with E-state index in [-0.39, 0.29) is 183 Å². The van der Waals surface area contributed by atoms with Crippen LogP contribution in [-0.4, -0.2) is 367 Å². The summed E-state index contributed by atoms with van der Waals surface area (Å²) in [5.41, 5.74) is 18.2. The van der Waals surface area contributed by atoms with Gasteiger partial charge in [0.25, 0.3) is 0 Å². The quantitative estimate of drug-likeness (QED) is 0.0116. The van der Waals surface area contributed by atoms with Crippen molar-refractivity contribution in [2.24, 2.45) is 126 Å². The number of guanidine groups is 4. The number of rotatable bonds is 57. The number of thioether (sulfide) groups is 1. The molecule has 1 aliphatic rings. The summed E-state index contributed by atoms with van der Waals surface area (Å²) < 4.78 is 0. The van der Waals surface area contributed by atoms with Crippen LogP contribution < -0.4 is 44.2 Å². The van der Waals surface area contributed by atoms with Gasteiger partial charge in [0.05, 0.1) is 13.0 Å². The van der Waals surface area contributed by atoms with E-state index in [0.29, 0.717) is 25.0 Å². The molecule has 0 bridgehead atoms. The first-order valence-electron chi connectivity index (χ1n) is 46.0. The van der Waals surface area contributed by atoms with Gasteiger partial charge in [-0.3, -0.25) is 36.8 Å². The van der Waals surface area contributed by atoms with Crippen LogP contribution in [0.5, 0.6) is 0 Å². The SMILES string of the molecule is CC[C@H](C)[C@H](N=C(O)[C@H](CCCNC(=N)N)N=C(O)[C@H](CCCNC(=N)N)N=C(O)CCN=C(C)O)C(O)=N[C@]1(C)CCCC=CCCC[C@](C)(C(O)=N[C@@H](C)C(O)=N[C@@H](C)C(O)=N[C@@H](CC(=N)O)C(O)=N[C@@H](CCCNC(=N)N)C(O)=N[C@@H](CC(C)C)C(O)=N[C@@H](CCC(=O)O)C(O)=N[C@@H](CCCNC(=N)N)C(=O)O)N=C(O)[C@H](CC(C)C)N=C(O)[C@H](CC(C)C)N=C(O)[C@H](CCSC)N=C1O. The Bertz CT molecular complexity index is 4450. The van der Waals surface area contributed by atoms with Crippen molar-refractivity contribution in [3.05, 3.63) is 12.2 Å². The standard InChI is InChI=1S/C87H155N29O21S/c1-15-49(8)66(114-73(128)55(28-24-38-100-84(93)94)105-69(124)53(26-22-36-98-82(89)90)104-64(119)32-40-97-52(11)117)78(133)116-87(13)35-21-19-17-16-18-20-34-86(12,115-77(132)61(44-48(6)7)112-75(130)60(43-47(4)5)111-72(127)57(33-41-138-14)113-81(87)137)80(136)103-51(10)67(122)102-50(9)68(123)109-62(45-63(88)118)76(131)106-54(27-23-37-99-83(91)92)70(125)110-59(42-46(2)3)74(129)107-56(30-31-65(120)121)71(126)108-58(79(134)135)29-25-39-101-85(95)96/h16-17,46-51,53-62,66H,15,18-45H2,1-14H3,(H2,88,118)(H,97,117)(H,102,122)(H,103,136)(H,104,119)(H,105,124)(H,106,131)(H,107,129)(H,108,126)(H,109,123)(H,110,125)(H,111,127)(H,112,130)(H,113,137)(H,114,128)(H,115,132)(H,116,133)(H,120,121)(H,134,135)(H4,89,90,98)(H4,91,92,99)(H4,93,94,100)(H4,95,96,101)/t49-,50-,51-,53-,54-,55-,56-,57-,58-,59-,60-,61-,62-,66-,86+,87+/m0/s1. The van der Waals surface area contributed by atoms with Crippen molar-refractivity contribution < 1.29 is 107 Å². The summed E-state index contributed by atoms with van der Waals surface area (Å²) in [7, 11) is 0. The van der Waals surface area contributed by atoms with Gasteiger partial charge < -0.3 is 141 Å². The second-order valence-electron chi connectivity index (χ2n) is 35.1. The van der Waals surface area contributed by atoms with E-state index in [1.807, 2.05) is 39.8 Å². The number of nitrogens with two attached hydrogens (primary N) is 4. The minimum Gasteiger partial charge on any atom is -0.497 e. The maximum Gasteiger partial charge on any atom is 0.328 e. The highest BCUT2D eigenvalue weighted by atomic mass is 32.2. The van der Waals surface area contributed by atoms with Crippen LogP contribution in [0.3, 0.4) is 0 Å². The molecule has 780 valence electrons. The second-order valence-corrected chi connectivity index (χ2v) is 36.1. The van der Waals surface area contributed by atoms with Gasteiger partial charge in [-0.2, -0.15) is 11.8 Å². The van der Waals surface area contributed by atoms with Crippen LogP contribution in [0.1, 0.15) is 238 Å². The Hall–Kier alpha value is -12.9. The van der Waals surface area contributed by atoms with E-state index in [4.69, 9.17) is 55.0 Å². The van der Waals surface area contributed by atoms with Crippen molar-refractivity contribution in [3.8, 4) is 0 Å². The lowest BCUT2D eigenvalue weighted by Crippen LogP contribution is -2.40. The monoisotopic (exact) mass is 1970 g/mol. The van der Waals surface area contributed by atoms with Crippen LogP contribution in [0.25, 0.3) is 0 Å². The van der Waals surface area contributed by atoms with Crippen molar-refractivity contribution in [2.45, 2.75) is 327 Å². The van der Waals surface area contributed by atoms with E-state index in [9.17, 15) is 107 Å². The van der Waals surface area contributed by atoms with E-state index in [0.717, 1.165) is 0 Å². The van der Waals surface area contributed by atoms with Gasteiger partial charge in [-0.25, -0.2) is 79.7 Å². The Morgan fingerprint density at radius 2 is 0.891 bits per heavy atom. The number of nitrogens with zero attached hydrogens (tertiary/aromatic N) is 16. The first kappa shape index (κ1) is 123. The first-order chi connectivity index (χ1) is 64.6. The lowest BCUT2D eigenvalue weighted by atomic mass is 9.93. The van der Waals surface area contributed by atoms with Gasteiger partial charge >= 0.3 is 11.9 Å². The van der Waals surface area contributed by atoms with Gasteiger partial charge in [0.2, 0.25) is 82.6 Å². The molecule has 1 rings (SSSR count). The largest absolute Gasteiger partial charge is 0.497 e. The molecule has 0 saturated heterocycles. The molecule has 0 aromatic rings. The normalized spacial score (nSPS) is 21.3. The summed E-state index contributed by atoms with van der Waals surface area (Å²) in [6.45, 7) is 21.3. The number of carbonyl (C=O) groups is 2. The van der Waals surface area contributed by atoms with Gasteiger partial charge in [0.15, 0.2) is 47.6 Å². The lowest BCUT2D eigenvalue weighted by molar-refractivity contribution is -0.139. The summed E-state index contributed by atoms with van der Waals surface area (Å²) in [5, 5.41) is 266. The fraction of sp³-hybridized carbons (Fsp3) is 0.713. The number of aliphatic hydroxyl groups is 17. The highest BCUT2D eigenvalue weighted by molar-refractivity contribution is 7.98. The molecule has 0 fully saturated rings. The molecule has 0 unspecified atom stereocenters. The summed E-state index contributed by atoms with van der Waals surface area (Å²) in [6, 6.07) is -19.3. The topological polar surface area (TPSA) is 888 Å². The summed E-state index contributed by atoms with van der Waals surface area (Å²) in [4.78, 5) is 93.5. The predicted molar refractivity (Wildman–Crippen MR) is 547 cm³/mol. The molecule has 1 heterocycles. The van der Waals surface area contributed by atoms with Gasteiger partial charge in [-0.1, -0.05) is 74.0 Å². The smallest absolute Gasteiger partial charge is 0.328 e.